The number of ether oxygens (including phenoxy) is 3. The number of hydrogen-bond donors (Lipinski definition) is 2. The lowest BCUT2D eigenvalue weighted by Crippen LogP contribution is -2.41. The van der Waals surface area contributed by atoms with Crippen molar-refractivity contribution >= 4 is 11.9 Å². The quantitative estimate of drug-likeness (QED) is 0.381. The topological polar surface area (TPSA) is 124 Å². The van der Waals surface area contributed by atoms with Gasteiger partial charge in [-0.2, -0.15) is 4.98 Å². The molecule has 212 valence electrons. The van der Waals surface area contributed by atoms with E-state index in [1.807, 2.05) is 37.3 Å². The van der Waals surface area contributed by atoms with E-state index < -0.39 is 53.4 Å². The van der Waals surface area contributed by atoms with Gasteiger partial charge in [0, 0.05) is 25.2 Å². The number of aromatic nitrogens is 1. The fourth-order valence-electron chi connectivity index (χ4n) is 4.33. The second-order valence-electron chi connectivity index (χ2n) is 9.39. The van der Waals surface area contributed by atoms with Crippen LogP contribution in [0.1, 0.15) is 30.0 Å². The predicted octanol–water partition coefficient (Wildman–Crippen LogP) is 4.23. The number of nitrogens with two attached hydrogens (primary N) is 1. The number of morpholine rings is 1. The summed E-state index contributed by atoms with van der Waals surface area (Å²) in [6, 6.07) is 12.8. The highest BCUT2D eigenvalue weighted by Crippen LogP contribution is 2.34. The maximum absolute atomic E-state index is 15.7. The van der Waals surface area contributed by atoms with Crippen molar-refractivity contribution in [1.29, 1.82) is 0 Å². The summed E-state index contributed by atoms with van der Waals surface area (Å²) >= 11 is 0. The molecule has 4 rings (SSSR count). The molecule has 3 aromatic rings. The molecule has 1 aliphatic rings. The zero-order valence-electron chi connectivity index (χ0n) is 22.3. The molecule has 0 spiro atoms. The largest absolute Gasteiger partial charge is 0.479 e. The first-order valence-electron chi connectivity index (χ1n) is 12.9. The average Bonchev–Trinajstić information content (AvgIpc) is 2.96. The van der Waals surface area contributed by atoms with Gasteiger partial charge in [0.05, 0.1) is 19.6 Å². The number of carbonyl (C=O) groups is 2. The number of amides is 1. The van der Waals surface area contributed by atoms with Crippen LogP contribution in [-0.4, -0.2) is 59.3 Å². The average molecular weight is 556 g/mol. The summed E-state index contributed by atoms with van der Waals surface area (Å²) in [6.07, 6.45) is -2.08. The summed E-state index contributed by atoms with van der Waals surface area (Å²) in [5.74, 6) is -5.50. The molecule has 2 heterocycles. The number of carbonyl (C=O) groups excluding carboxylic acids is 1. The van der Waals surface area contributed by atoms with E-state index in [1.165, 1.54) is 11.8 Å². The minimum atomic E-state index is -1.44. The smallest absolute Gasteiger partial charge is 0.344 e. The highest BCUT2D eigenvalue weighted by molar-refractivity contribution is 5.79. The van der Waals surface area contributed by atoms with E-state index in [9.17, 15) is 14.7 Å². The van der Waals surface area contributed by atoms with E-state index in [4.69, 9.17) is 19.9 Å². The summed E-state index contributed by atoms with van der Waals surface area (Å²) in [4.78, 5) is 29.7. The van der Waals surface area contributed by atoms with E-state index in [1.54, 1.807) is 12.1 Å². The van der Waals surface area contributed by atoms with E-state index in [2.05, 4.69) is 4.98 Å². The van der Waals surface area contributed by atoms with Crippen LogP contribution >= 0.6 is 0 Å². The number of aryl methyl sites for hydroxylation is 1. The number of pyridine rings is 1. The van der Waals surface area contributed by atoms with Gasteiger partial charge in [-0.15, -0.1) is 0 Å². The molecular weight excluding hydrogens is 524 g/mol. The highest BCUT2D eigenvalue weighted by atomic mass is 19.1. The zero-order valence-corrected chi connectivity index (χ0v) is 22.3. The normalized spacial score (nSPS) is 14.1. The lowest BCUT2D eigenvalue weighted by Gasteiger charge is -2.27. The summed E-state index contributed by atoms with van der Waals surface area (Å²) in [7, 11) is 0. The van der Waals surface area contributed by atoms with Gasteiger partial charge in [-0.1, -0.05) is 31.2 Å². The Hall–Kier alpha value is -4.09. The first-order chi connectivity index (χ1) is 19.2. The lowest BCUT2D eigenvalue weighted by atomic mass is 10.0. The van der Waals surface area contributed by atoms with Gasteiger partial charge >= 0.3 is 5.97 Å². The Kier molecular flexibility index (Phi) is 9.28. The predicted molar refractivity (Wildman–Crippen MR) is 142 cm³/mol. The highest BCUT2D eigenvalue weighted by Gasteiger charge is 2.29. The van der Waals surface area contributed by atoms with Gasteiger partial charge in [0.1, 0.15) is 5.75 Å². The minimum absolute atomic E-state index is 0.00480. The number of halogens is 2. The van der Waals surface area contributed by atoms with Crippen LogP contribution < -0.4 is 15.2 Å². The number of nitrogens with zero attached hydrogens (tertiary/aromatic N) is 2. The summed E-state index contributed by atoms with van der Waals surface area (Å²) in [5, 5.41) is 9.42. The fourth-order valence-corrected chi connectivity index (χ4v) is 4.33. The monoisotopic (exact) mass is 555 g/mol. The second kappa shape index (κ2) is 12.8. The molecule has 1 saturated heterocycles. The second-order valence-corrected chi connectivity index (χ2v) is 9.39. The van der Waals surface area contributed by atoms with Crippen LogP contribution in [0.15, 0.2) is 42.5 Å². The van der Waals surface area contributed by atoms with Crippen molar-refractivity contribution in [2.75, 3.05) is 26.3 Å². The van der Waals surface area contributed by atoms with Crippen LogP contribution in [0.25, 0.3) is 11.1 Å². The molecule has 1 aromatic heterocycles. The molecule has 1 amide bonds. The van der Waals surface area contributed by atoms with Gasteiger partial charge in [-0.05, 0) is 53.8 Å². The van der Waals surface area contributed by atoms with Crippen molar-refractivity contribution in [1.82, 2.24) is 9.88 Å². The third kappa shape index (κ3) is 6.72. The summed E-state index contributed by atoms with van der Waals surface area (Å²) in [6.45, 7) is 4.93. The molecule has 1 aliphatic heterocycles. The van der Waals surface area contributed by atoms with E-state index in [0.717, 1.165) is 22.3 Å². The molecular formula is C29H31F2N3O6. The van der Waals surface area contributed by atoms with Crippen molar-refractivity contribution in [2.24, 2.45) is 5.73 Å². The molecule has 0 radical (unpaired) electrons. The molecule has 2 aromatic carbocycles. The van der Waals surface area contributed by atoms with Crippen molar-refractivity contribution in [3.8, 4) is 28.6 Å². The van der Waals surface area contributed by atoms with Crippen molar-refractivity contribution < 1.29 is 37.7 Å². The Labute approximate surface area is 230 Å². The fraction of sp³-hybridized carbons (Fsp3) is 0.345. The van der Waals surface area contributed by atoms with Crippen molar-refractivity contribution in [3.05, 3.63) is 70.8 Å². The van der Waals surface area contributed by atoms with Gasteiger partial charge in [-0.3, -0.25) is 4.79 Å². The molecule has 40 heavy (non-hydrogen) atoms. The van der Waals surface area contributed by atoms with Crippen LogP contribution in [0.2, 0.25) is 0 Å². The van der Waals surface area contributed by atoms with Gasteiger partial charge in [-0.25, -0.2) is 13.6 Å². The number of aliphatic carboxylic acids is 1. The first-order valence-corrected chi connectivity index (χ1v) is 12.9. The van der Waals surface area contributed by atoms with E-state index in [-0.39, 0.29) is 25.3 Å². The van der Waals surface area contributed by atoms with Gasteiger partial charge < -0.3 is 30.0 Å². The van der Waals surface area contributed by atoms with Gasteiger partial charge in [0.2, 0.25) is 5.91 Å². The Balaban J connectivity index is 1.73. The van der Waals surface area contributed by atoms with Crippen LogP contribution in [0, 0.1) is 18.6 Å². The lowest BCUT2D eigenvalue weighted by molar-refractivity contribution is -0.145. The minimum Gasteiger partial charge on any atom is -0.479 e. The SMILES string of the molecule is CCC(Oc1nc(Oc2cc(C)cc(-c3cccc(CN)c3)c2)c(F)c(CC(=O)N2CCOCC2)c1F)C(=O)O. The Morgan fingerprint density at radius 1 is 1.10 bits per heavy atom. The van der Waals surface area contributed by atoms with Crippen molar-refractivity contribution in [3.63, 3.8) is 0 Å². The third-order valence-corrected chi connectivity index (χ3v) is 6.46. The standard InChI is InChI=1S/C29H31F2N3O6/c1-3-23(29(36)37)40-28-26(31)22(15-24(35)34-7-9-38-10-8-34)25(30)27(33-28)39-21-12-17(2)11-20(14-21)19-6-4-5-18(13-19)16-32/h4-6,11-14,23H,3,7-10,15-16,32H2,1-2H3,(H,36,37). The molecule has 11 heteroatoms. The number of carboxylic acid groups (broad SMARTS) is 1. The number of rotatable bonds is 10. The molecule has 0 bridgehead atoms. The molecule has 0 aliphatic carbocycles. The van der Waals surface area contributed by atoms with Crippen LogP contribution in [0.3, 0.4) is 0 Å². The van der Waals surface area contributed by atoms with Crippen LogP contribution in [-0.2, 0) is 27.3 Å². The molecule has 1 fully saturated rings. The molecule has 1 atom stereocenters. The Morgan fingerprint density at radius 2 is 1.82 bits per heavy atom. The maximum atomic E-state index is 15.7. The van der Waals surface area contributed by atoms with Crippen molar-refractivity contribution in [2.45, 2.75) is 39.3 Å². The Morgan fingerprint density at radius 3 is 2.50 bits per heavy atom. The first kappa shape index (κ1) is 28.9. The summed E-state index contributed by atoms with van der Waals surface area (Å²) < 4.78 is 47.5. The third-order valence-electron chi connectivity index (χ3n) is 6.46. The molecule has 0 saturated carbocycles. The zero-order chi connectivity index (χ0) is 28.8. The number of hydrogen-bond acceptors (Lipinski definition) is 7. The van der Waals surface area contributed by atoms with Gasteiger partial charge in [0.25, 0.3) is 11.8 Å². The Bertz CT molecular complexity index is 1390. The van der Waals surface area contributed by atoms with Gasteiger partial charge in [0.15, 0.2) is 17.7 Å². The maximum Gasteiger partial charge on any atom is 0.344 e. The summed E-state index contributed by atoms with van der Waals surface area (Å²) in [5.41, 5.74) is 8.49. The molecule has 3 N–H and O–H groups in total. The number of benzene rings is 2. The van der Waals surface area contributed by atoms with Crippen LogP contribution in [0.5, 0.6) is 17.5 Å². The number of carboxylic acids is 1. The molecule has 1 unspecified atom stereocenters. The van der Waals surface area contributed by atoms with E-state index in [0.29, 0.717) is 19.8 Å². The van der Waals surface area contributed by atoms with Crippen LogP contribution in [0.4, 0.5) is 8.78 Å². The van der Waals surface area contributed by atoms with E-state index >= 15 is 8.78 Å². The molecule has 9 nitrogen and oxygen atoms in total.